The third-order valence-corrected chi connectivity index (χ3v) is 2.37. The second-order valence-corrected chi connectivity index (χ2v) is 4.50. The van der Waals surface area contributed by atoms with Crippen LogP contribution in [0.3, 0.4) is 0 Å². The van der Waals surface area contributed by atoms with Crippen molar-refractivity contribution in [3.63, 3.8) is 0 Å². The molecule has 1 aromatic rings. The third kappa shape index (κ3) is 3.90. The van der Waals surface area contributed by atoms with E-state index in [4.69, 9.17) is 9.52 Å². The summed E-state index contributed by atoms with van der Waals surface area (Å²) in [4.78, 5) is 26.1. The second-order valence-electron chi connectivity index (χ2n) is 4.50. The molecule has 1 heterocycles. The molecule has 0 bridgehead atoms. The standard InChI is InChI=1S/C11H16N2O4/c1-7-9(17-6-12-7)10(16)13-11(2,3)5-4-8(14)15/h6H,4-5H2,1-3H3,(H,13,16)(H,14,15). The Morgan fingerprint density at radius 3 is 2.65 bits per heavy atom. The predicted molar refractivity (Wildman–Crippen MR) is 59.7 cm³/mol. The van der Waals surface area contributed by atoms with E-state index >= 15 is 0 Å². The first-order valence-corrected chi connectivity index (χ1v) is 5.26. The number of oxazole rings is 1. The molecule has 1 aromatic heterocycles. The molecule has 1 amide bonds. The molecule has 0 saturated carbocycles. The first-order chi connectivity index (χ1) is 7.82. The van der Waals surface area contributed by atoms with Crippen molar-refractivity contribution in [1.82, 2.24) is 10.3 Å². The highest BCUT2D eigenvalue weighted by molar-refractivity contribution is 5.92. The van der Waals surface area contributed by atoms with Crippen LogP contribution in [-0.2, 0) is 4.79 Å². The summed E-state index contributed by atoms with van der Waals surface area (Å²) < 4.78 is 4.96. The smallest absolute Gasteiger partial charge is 0.303 e. The summed E-state index contributed by atoms with van der Waals surface area (Å²) in [5, 5.41) is 11.3. The molecule has 0 aliphatic carbocycles. The second kappa shape index (κ2) is 4.99. The molecule has 0 aliphatic heterocycles. The highest BCUT2D eigenvalue weighted by Gasteiger charge is 2.24. The predicted octanol–water partition coefficient (Wildman–Crippen LogP) is 1.36. The number of hydrogen-bond acceptors (Lipinski definition) is 4. The lowest BCUT2D eigenvalue weighted by Gasteiger charge is -2.25. The molecular formula is C11H16N2O4. The minimum absolute atomic E-state index is 0.00265. The summed E-state index contributed by atoms with van der Waals surface area (Å²) in [5.74, 6) is -1.10. The molecule has 2 N–H and O–H groups in total. The van der Waals surface area contributed by atoms with Crippen molar-refractivity contribution >= 4 is 11.9 Å². The molecule has 6 heteroatoms. The Morgan fingerprint density at radius 1 is 1.53 bits per heavy atom. The van der Waals surface area contributed by atoms with Gasteiger partial charge in [-0.05, 0) is 27.2 Å². The Labute approximate surface area is 99.0 Å². The molecule has 0 fully saturated rings. The number of rotatable bonds is 5. The molecule has 0 aliphatic rings. The first-order valence-electron chi connectivity index (χ1n) is 5.26. The molecule has 94 valence electrons. The quantitative estimate of drug-likeness (QED) is 0.810. The summed E-state index contributed by atoms with van der Waals surface area (Å²) in [6.07, 6.45) is 1.55. The fourth-order valence-electron chi connectivity index (χ4n) is 1.37. The summed E-state index contributed by atoms with van der Waals surface area (Å²) in [6.45, 7) is 5.20. The number of carboxylic acids is 1. The molecular weight excluding hydrogens is 224 g/mol. The molecule has 0 aromatic carbocycles. The van der Waals surface area contributed by atoms with Crippen LogP contribution in [0.15, 0.2) is 10.8 Å². The third-order valence-electron chi connectivity index (χ3n) is 2.37. The Morgan fingerprint density at radius 2 is 2.18 bits per heavy atom. The lowest BCUT2D eigenvalue weighted by atomic mass is 9.98. The average molecular weight is 240 g/mol. The molecule has 0 unspecified atom stereocenters. The Balaban J connectivity index is 2.61. The van der Waals surface area contributed by atoms with Crippen molar-refractivity contribution in [2.45, 2.75) is 39.2 Å². The van der Waals surface area contributed by atoms with Gasteiger partial charge in [-0.25, -0.2) is 4.98 Å². The number of hydrogen-bond donors (Lipinski definition) is 2. The maximum Gasteiger partial charge on any atom is 0.303 e. The van der Waals surface area contributed by atoms with Crippen molar-refractivity contribution in [1.29, 1.82) is 0 Å². The maximum atomic E-state index is 11.8. The van der Waals surface area contributed by atoms with Crippen molar-refractivity contribution < 1.29 is 19.1 Å². The molecule has 0 saturated heterocycles. The van der Waals surface area contributed by atoms with Gasteiger partial charge in [-0.15, -0.1) is 0 Å². The van der Waals surface area contributed by atoms with Gasteiger partial charge in [-0.2, -0.15) is 0 Å². The Kier molecular flexibility index (Phi) is 3.88. The van der Waals surface area contributed by atoms with Crippen LogP contribution in [0.2, 0.25) is 0 Å². The number of carboxylic acid groups (broad SMARTS) is 1. The van der Waals surface area contributed by atoms with E-state index < -0.39 is 11.5 Å². The number of aryl methyl sites for hydroxylation is 1. The van der Waals surface area contributed by atoms with E-state index in [0.717, 1.165) is 0 Å². The minimum atomic E-state index is -0.886. The van der Waals surface area contributed by atoms with Gasteiger partial charge < -0.3 is 14.8 Å². The summed E-state index contributed by atoms with van der Waals surface area (Å²) in [7, 11) is 0. The van der Waals surface area contributed by atoms with Crippen LogP contribution in [0.4, 0.5) is 0 Å². The molecule has 0 atom stereocenters. The monoisotopic (exact) mass is 240 g/mol. The van der Waals surface area contributed by atoms with E-state index in [2.05, 4.69) is 10.3 Å². The highest BCUT2D eigenvalue weighted by atomic mass is 16.4. The summed E-state index contributed by atoms with van der Waals surface area (Å²) >= 11 is 0. The van der Waals surface area contributed by atoms with Crippen LogP contribution >= 0.6 is 0 Å². The zero-order valence-corrected chi connectivity index (χ0v) is 10.1. The van der Waals surface area contributed by atoms with E-state index in [0.29, 0.717) is 12.1 Å². The van der Waals surface area contributed by atoms with Gasteiger partial charge in [0.05, 0.1) is 5.69 Å². The molecule has 17 heavy (non-hydrogen) atoms. The molecule has 0 spiro atoms. The number of carbonyl (C=O) groups is 2. The van der Waals surface area contributed by atoms with Gasteiger partial charge in [0.15, 0.2) is 6.39 Å². The van der Waals surface area contributed by atoms with Gasteiger partial charge in [-0.1, -0.05) is 0 Å². The number of aromatic nitrogens is 1. The fraction of sp³-hybridized carbons (Fsp3) is 0.545. The van der Waals surface area contributed by atoms with Crippen LogP contribution in [-0.4, -0.2) is 27.5 Å². The Hall–Kier alpha value is -1.85. The van der Waals surface area contributed by atoms with E-state index in [-0.39, 0.29) is 18.1 Å². The molecule has 0 radical (unpaired) electrons. The largest absolute Gasteiger partial charge is 0.481 e. The number of nitrogens with one attached hydrogen (secondary N) is 1. The van der Waals surface area contributed by atoms with Gasteiger partial charge >= 0.3 is 5.97 Å². The highest BCUT2D eigenvalue weighted by Crippen LogP contribution is 2.13. The summed E-state index contributed by atoms with van der Waals surface area (Å²) in [6, 6.07) is 0. The topological polar surface area (TPSA) is 92.4 Å². The van der Waals surface area contributed by atoms with Crippen LogP contribution in [0.1, 0.15) is 42.9 Å². The van der Waals surface area contributed by atoms with E-state index in [1.165, 1.54) is 6.39 Å². The fourth-order valence-corrected chi connectivity index (χ4v) is 1.37. The van der Waals surface area contributed by atoms with Crippen molar-refractivity contribution in [2.24, 2.45) is 0 Å². The van der Waals surface area contributed by atoms with Gasteiger partial charge in [-0.3, -0.25) is 9.59 Å². The SMILES string of the molecule is Cc1ncoc1C(=O)NC(C)(C)CCC(=O)O. The van der Waals surface area contributed by atoms with Gasteiger partial charge in [0.1, 0.15) is 0 Å². The van der Waals surface area contributed by atoms with E-state index in [9.17, 15) is 9.59 Å². The van der Waals surface area contributed by atoms with E-state index in [1.807, 2.05) is 0 Å². The zero-order valence-electron chi connectivity index (χ0n) is 10.1. The normalized spacial score (nSPS) is 11.2. The van der Waals surface area contributed by atoms with Crippen molar-refractivity contribution in [3.05, 3.63) is 17.8 Å². The van der Waals surface area contributed by atoms with Crippen LogP contribution < -0.4 is 5.32 Å². The summed E-state index contributed by atoms with van der Waals surface area (Å²) in [5.41, 5.74) is -0.0918. The maximum absolute atomic E-state index is 11.8. The number of amides is 1. The lowest BCUT2D eigenvalue weighted by Crippen LogP contribution is -2.43. The average Bonchev–Trinajstić information content (AvgIpc) is 2.61. The number of aliphatic carboxylic acids is 1. The van der Waals surface area contributed by atoms with Gasteiger partial charge in [0.25, 0.3) is 5.91 Å². The van der Waals surface area contributed by atoms with Crippen molar-refractivity contribution in [2.75, 3.05) is 0 Å². The minimum Gasteiger partial charge on any atom is -0.481 e. The molecule has 1 rings (SSSR count). The van der Waals surface area contributed by atoms with E-state index in [1.54, 1.807) is 20.8 Å². The first kappa shape index (κ1) is 13.2. The van der Waals surface area contributed by atoms with Gasteiger partial charge in [0.2, 0.25) is 5.76 Å². The van der Waals surface area contributed by atoms with Crippen LogP contribution in [0.25, 0.3) is 0 Å². The number of carbonyl (C=O) groups excluding carboxylic acids is 1. The van der Waals surface area contributed by atoms with Crippen molar-refractivity contribution in [3.8, 4) is 0 Å². The van der Waals surface area contributed by atoms with Crippen LogP contribution in [0, 0.1) is 6.92 Å². The zero-order chi connectivity index (χ0) is 13.1. The van der Waals surface area contributed by atoms with Crippen LogP contribution in [0.5, 0.6) is 0 Å². The lowest BCUT2D eigenvalue weighted by molar-refractivity contribution is -0.137. The molecule has 6 nitrogen and oxygen atoms in total. The number of nitrogens with zero attached hydrogens (tertiary/aromatic N) is 1. The Bertz CT molecular complexity index is 423. The van der Waals surface area contributed by atoms with Gasteiger partial charge in [0, 0.05) is 12.0 Å².